The third kappa shape index (κ3) is 8.02. The third-order valence-electron chi connectivity index (χ3n) is 1.37. The van der Waals surface area contributed by atoms with Crippen LogP contribution in [0, 0.1) is 0 Å². The molecule has 4 nitrogen and oxygen atoms in total. The maximum Gasteiger partial charge on any atom is 0.307 e. The van der Waals surface area contributed by atoms with Crippen LogP contribution in [0.25, 0.3) is 0 Å². The zero-order chi connectivity index (χ0) is 10.1. The molecule has 0 saturated heterocycles. The van der Waals surface area contributed by atoms with Crippen LogP contribution in [-0.2, 0) is 9.53 Å². The van der Waals surface area contributed by atoms with E-state index in [1.165, 1.54) is 0 Å². The molecule has 0 fully saturated rings. The van der Waals surface area contributed by atoms with Crippen LogP contribution >= 0.6 is 11.6 Å². The van der Waals surface area contributed by atoms with Crippen LogP contribution in [-0.4, -0.2) is 42.8 Å². The zero-order valence-electron chi connectivity index (χ0n) is 7.75. The summed E-state index contributed by atoms with van der Waals surface area (Å²) in [6.45, 7) is 3.08. The van der Waals surface area contributed by atoms with Gasteiger partial charge in [-0.3, -0.25) is 4.79 Å². The van der Waals surface area contributed by atoms with Gasteiger partial charge < -0.3 is 15.2 Å². The topological polar surface area (TPSA) is 58.6 Å². The minimum Gasteiger partial charge on any atom is -0.466 e. The maximum absolute atomic E-state index is 10.8. The Bertz CT molecular complexity index is 143. The summed E-state index contributed by atoms with van der Waals surface area (Å²) >= 11 is 5.36. The van der Waals surface area contributed by atoms with E-state index < -0.39 is 6.10 Å². The summed E-state index contributed by atoms with van der Waals surface area (Å²) in [7, 11) is 0. The highest BCUT2D eigenvalue weighted by Gasteiger charge is 2.03. The first-order valence-electron chi connectivity index (χ1n) is 4.31. The quantitative estimate of drug-likeness (QED) is 0.356. The minimum absolute atomic E-state index is 0.201. The molecule has 0 aromatic heterocycles. The molecule has 5 heteroatoms. The summed E-state index contributed by atoms with van der Waals surface area (Å²) in [5, 5.41) is 11.9. The second-order valence-electron chi connectivity index (χ2n) is 2.57. The first-order chi connectivity index (χ1) is 6.20. The van der Waals surface area contributed by atoms with Gasteiger partial charge in [-0.1, -0.05) is 0 Å². The highest BCUT2D eigenvalue weighted by molar-refractivity contribution is 6.18. The van der Waals surface area contributed by atoms with Crippen molar-refractivity contribution >= 4 is 17.6 Å². The van der Waals surface area contributed by atoms with Gasteiger partial charge in [-0.15, -0.1) is 11.6 Å². The van der Waals surface area contributed by atoms with E-state index in [0.29, 0.717) is 26.1 Å². The Kier molecular flexibility index (Phi) is 8.08. The minimum atomic E-state index is -0.552. The van der Waals surface area contributed by atoms with Crippen molar-refractivity contribution in [2.45, 2.75) is 19.4 Å². The Morgan fingerprint density at radius 1 is 1.69 bits per heavy atom. The van der Waals surface area contributed by atoms with E-state index in [0.717, 1.165) is 0 Å². The first kappa shape index (κ1) is 12.7. The number of carbonyl (C=O) groups is 1. The molecule has 1 atom stereocenters. The molecule has 0 saturated carbocycles. The van der Waals surface area contributed by atoms with Crippen molar-refractivity contribution < 1.29 is 14.6 Å². The molecule has 0 rings (SSSR count). The predicted molar refractivity (Wildman–Crippen MR) is 50.8 cm³/mol. The van der Waals surface area contributed by atoms with Gasteiger partial charge in [-0.2, -0.15) is 0 Å². The zero-order valence-corrected chi connectivity index (χ0v) is 8.51. The van der Waals surface area contributed by atoms with Crippen molar-refractivity contribution in [2.24, 2.45) is 0 Å². The average Bonchev–Trinajstić information content (AvgIpc) is 2.12. The number of aliphatic hydroxyl groups excluding tert-OH is 1. The summed E-state index contributed by atoms with van der Waals surface area (Å²) < 4.78 is 4.71. The van der Waals surface area contributed by atoms with Gasteiger partial charge in [0, 0.05) is 19.0 Å². The molecule has 0 aliphatic rings. The SMILES string of the molecule is CCOC(=O)CCNCC(O)CCl. The van der Waals surface area contributed by atoms with Crippen molar-refractivity contribution in [1.29, 1.82) is 0 Å². The molecule has 1 unspecified atom stereocenters. The summed E-state index contributed by atoms with van der Waals surface area (Å²) in [5.74, 6) is -0.0257. The van der Waals surface area contributed by atoms with Gasteiger partial charge in [0.1, 0.15) is 0 Å². The smallest absolute Gasteiger partial charge is 0.307 e. The van der Waals surface area contributed by atoms with Crippen LogP contribution in [0.3, 0.4) is 0 Å². The molecular formula is C8H16ClNO3. The standard InChI is InChI=1S/C8H16ClNO3/c1-2-13-8(12)3-4-10-6-7(11)5-9/h7,10-11H,2-6H2,1H3. The van der Waals surface area contributed by atoms with Crippen LogP contribution in [0.4, 0.5) is 0 Å². The fraction of sp³-hybridized carbons (Fsp3) is 0.875. The van der Waals surface area contributed by atoms with Crippen LogP contribution in [0.2, 0.25) is 0 Å². The number of halogens is 1. The Balaban J connectivity index is 3.20. The lowest BCUT2D eigenvalue weighted by Gasteiger charge is -2.07. The van der Waals surface area contributed by atoms with Gasteiger partial charge in [0.05, 0.1) is 19.1 Å². The lowest BCUT2D eigenvalue weighted by molar-refractivity contribution is -0.142. The number of ether oxygens (including phenoxy) is 1. The summed E-state index contributed by atoms with van der Waals surface area (Å²) in [6.07, 6.45) is -0.230. The second kappa shape index (κ2) is 8.29. The van der Waals surface area contributed by atoms with Crippen LogP contribution in [0.15, 0.2) is 0 Å². The molecule has 0 aliphatic carbocycles. The van der Waals surface area contributed by atoms with Gasteiger partial charge in [0.25, 0.3) is 0 Å². The van der Waals surface area contributed by atoms with Crippen molar-refractivity contribution in [1.82, 2.24) is 5.32 Å². The van der Waals surface area contributed by atoms with Crippen LogP contribution < -0.4 is 5.32 Å². The molecule has 0 amide bonds. The number of carbonyl (C=O) groups excluding carboxylic acids is 1. The number of alkyl halides is 1. The molecule has 2 N–H and O–H groups in total. The third-order valence-corrected chi connectivity index (χ3v) is 1.73. The van der Waals surface area contributed by atoms with Gasteiger partial charge in [-0.05, 0) is 6.92 Å². The normalized spacial score (nSPS) is 12.5. The summed E-state index contributed by atoms with van der Waals surface area (Å²) in [6, 6.07) is 0. The fourth-order valence-corrected chi connectivity index (χ4v) is 0.856. The van der Waals surface area contributed by atoms with E-state index in [4.69, 9.17) is 21.4 Å². The monoisotopic (exact) mass is 209 g/mol. The number of aliphatic hydroxyl groups is 1. The molecule has 0 heterocycles. The molecule has 0 aromatic rings. The molecule has 0 bridgehead atoms. The Morgan fingerprint density at radius 3 is 2.92 bits per heavy atom. The van der Waals surface area contributed by atoms with E-state index in [-0.39, 0.29) is 11.8 Å². The van der Waals surface area contributed by atoms with Crippen LogP contribution in [0.1, 0.15) is 13.3 Å². The molecule has 78 valence electrons. The van der Waals surface area contributed by atoms with E-state index in [1.54, 1.807) is 6.92 Å². The van der Waals surface area contributed by atoms with Crippen molar-refractivity contribution in [3.63, 3.8) is 0 Å². The van der Waals surface area contributed by atoms with Gasteiger partial charge in [0.15, 0.2) is 0 Å². The number of hydrogen-bond donors (Lipinski definition) is 2. The molecule has 0 radical (unpaired) electrons. The number of nitrogens with one attached hydrogen (secondary N) is 1. The van der Waals surface area contributed by atoms with E-state index in [2.05, 4.69) is 5.32 Å². The lowest BCUT2D eigenvalue weighted by Crippen LogP contribution is -2.29. The lowest BCUT2D eigenvalue weighted by atomic mass is 10.3. The van der Waals surface area contributed by atoms with E-state index in [9.17, 15) is 4.79 Å². The van der Waals surface area contributed by atoms with Gasteiger partial charge >= 0.3 is 5.97 Å². The number of hydrogen-bond acceptors (Lipinski definition) is 4. The largest absolute Gasteiger partial charge is 0.466 e. The summed E-state index contributed by atoms with van der Waals surface area (Å²) in [4.78, 5) is 10.8. The number of esters is 1. The van der Waals surface area contributed by atoms with Crippen LogP contribution in [0.5, 0.6) is 0 Å². The Morgan fingerprint density at radius 2 is 2.38 bits per heavy atom. The van der Waals surface area contributed by atoms with Crippen molar-refractivity contribution in [2.75, 3.05) is 25.6 Å². The maximum atomic E-state index is 10.8. The average molecular weight is 210 g/mol. The molecular weight excluding hydrogens is 194 g/mol. The Hall–Kier alpha value is -0.320. The molecule has 13 heavy (non-hydrogen) atoms. The highest BCUT2D eigenvalue weighted by atomic mass is 35.5. The molecule has 0 aromatic carbocycles. The highest BCUT2D eigenvalue weighted by Crippen LogP contribution is 1.87. The van der Waals surface area contributed by atoms with Crippen molar-refractivity contribution in [3.05, 3.63) is 0 Å². The molecule has 0 aliphatic heterocycles. The predicted octanol–water partition coefficient (Wildman–Crippen LogP) is 0.129. The first-order valence-corrected chi connectivity index (χ1v) is 4.84. The fourth-order valence-electron chi connectivity index (χ4n) is 0.747. The van der Waals surface area contributed by atoms with Gasteiger partial charge in [-0.25, -0.2) is 0 Å². The van der Waals surface area contributed by atoms with E-state index >= 15 is 0 Å². The van der Waals surface area contributed by atoms with Gasteiger partial charge in [0.2, 0.25) is 0 Å². The molecule has 0 spiro atoms. The second-order valence-corrected chi connectivity index (χ2v) is 2.88. The summed E-state index contributed by atoms with van der Waals surface area (Å²) in [5.41, 5.74) is 0. The van der Waals surface area contributed by atoms with Crippen molar-refractivity contribution in [3.8, 4) is 0 Å². The van der Waals surface area contributed by atoms with E-state index in [1.807, 2.05) is 0 Å². The Labute approximate surface area is 83.2 Å². The number of rotatable bonds is 7.